The molecule has 0 aromatic heterocycles. The summed E-state index contributed by atoms with van der Waals surface area (Å²) in [5.74, 6) is 0.780. The third-order valence-corrected chi connectivity index (χ3v) is 2.92. The van der Waals surface area contributed by atoms with E-state index in [2.05, 4.69) is 17.9 Å². The normalized spacial score (nSPS) is 12.6. The molecule has 0 saturated heterocycles. The van der Waals surface area contributed by atoms with Gasteiger partial charge in [-0.3, -0.25) is 4.79 Å². The summed E-state index contributed by atoms with van der Waals surface area (Å²) in [6, 6.07) is 0. The first-order valence-corrected chi connectivity index (χ1v) is 6.35. The molecule has 0 aromatic rings. The summed E-state index contributed by atoms with van der Waals surface area (Å²) in [6.45, 7) is 11.0. The number of thiol groups is 1. The molecule has 0 radical (unpaired) electrons. The molecule has 3 nitrogen and oxygen atoms in total. The molecular formula is C12H25NO2S. The molecule has 0 rings (SSSR count). The fourth-order valence-electron chi connectivity index (χ4n) is 0.933. The Morgan fingerprint density at radius 2 is 1.81 bits per heavy atom. The van der Waals surface area contributed by atoms with Crippen LogP contribution in [-0.4, -0.2) is 30.4 Å². The fourth-order valence-corrected chi connectivity index (χ4v) is 1.02. The molecule has 1 amide bonds. The van der Waals surface area contributed by atoms with E-state index in [0.29, 0.717) is 18.9 Å². The minimum Gasteiger partial charge on any atom is -0.375 e. The highest BCUT2D eigenvalue weighted by molar-refractivity contribution is 7.80. The van der Waals surface area contributed by atoms with Crippen LogP contribution in [0.2, 0.25) is 0 Å². The van der Waals surface area contributed by atoms with E-state index >= 15 is 0 Å². The summed E-state index contributed by atoms with van der Waals surface area (Å²) >= 11 is 4.20. The fraction of sp³-hybridized carbons (Fsp3) is 0.917. The number of hydrogen-bond acceptors (Lipinski definition) is 3. The van der Waals surface area contributed by atoms with Gasteiger partial charge in [-0.25, -0.2) is 0 Å². The van der Waals surface area contributed by atoms with Crippen LogP contribution in [0.15, 0.2) is 0 Å². The molecule has 0 unspecified atom stereocenters. The van der Waals surface area contributed by atoms with E-state index in [1.54, 1.807) is 0 Å². The van der Waals surface area contributed by atoms with Gasteiger partial charge in [-0.15, -0.1) is 0 Å². The molecule has 0 aromatic carbocycles. The van der Waals surface area contributed by atoms with Gasteiger partial charge in [0, 0.05) is 24.3 Å². The molecule has 1 N–H and O–H groups in total. The van der Waals surface area contributed by atoms with Gasteiger partial charge in [-0.2, -0.15) is 12.6 Å². The highest BCUT2D eigenvalue weighted by atomic mass is 32.1. The largest absolute Gasteiger partial charge is 0.375 e. The minimum absolute atomic E-state index is 0.0842. The number of ether oxygens (including phenoxy) is 1. The predicted octanol–water partition coefficient (Wildman–Crippen LogP) is 2.26. The van der Waals surface area contributed by atoms with Gasteiger partial charge in [0.05, 0.1) is 5.60 Å². The molecule has 0 aliphatic heterocycles. The SMILES string of the molecule is CC(C)(CS)OCCCNC(=O)C(C)(C)C. The molecule has 0 aliphatic rings. The second kappa shape index (κ2) is 6.50. The van der Waals surface area contributed by atoms with Crippen LogP contribution in [0.4, 0.5) is 0 Å². The molecule has 0 fully saturated rings. The Labute approximate surface area is 105 Å². The Morgan fingerprint density at radius 3 is 2.25 bits per heavy atom. The van der Waals surface area contributed by atoms with E-state index in [0.717, 1.165) is 6.42 Å². The highest BCUT2D eigenvalue weighted by Crippen LogP contribution is 2.13. The van der Waals surface area contributed by atoms with Gasteiger partial charge in [-0.1, -0.05) is 20.8 Å². The van der Waals surface area contributed by atoms with Crippen LogP contribution >= 0.6 is 12.6 Å². The van der Waals surface area contributed by atoms with Crippen LogP contribution in [0.25, 0.3) is 0 Å². The van der Waals surface area contributed by atoms with Gasteiger partial charge < -0.3 is 10.1 Å². The second-order valence-corrected chi connectivity index (χ2v) is 5.94. The number of hydrogen-bond donors (Lipinski definition) is 2. The van der Waals surface area contributed by atoms with Crippen molar-refractivity contribution in [2.24, 2.45) is 5.41 Å². The first kappa shape index (κ1) is 15.8. The summed E-state index contributed by atoms with van der Waals surface area (Å²) < 4.78 is 5.62. The van der Waals surface area contributed by atoms with E-state index in [9.17, 15) is 4.79 Å². The third-order valence-electron chi connectivity index (χ3n) is 2.16. The third kappa shape index (κ3) is 7.12. The minimum atomic E-state index is -0.314. The van der Waals surface area contributed by atoms with Gasteiger partial charge in [0.15, 0.2) is 0 Å². The Morgan fingerprint density at radius 1 is 1.25 bits per heavy atom. The van der Waals surface area contributed by atoms with Crippen molar-refractivity contribution in [1.29, 1.82) is 0 Å². The van der Waals surface area contributed by atoms with Crippen LogP contribution in [-0.2, 0) is 9.53 Å². The zero-order valence-electron chi connectivity index (χ0n) is 11.1. The average molecular weight is 247 g/mol. The zero-order valence-corrected chi connectivity index (χ0v) is 12.0. The Bertz CT molecular complexity index is 222. The molecule has 0 bridgehead atoms. The summed E-state index contributed by atoms with van der Waals surface area (Å²) in [4.78, 5) is 11.5. The average Bonchev–Trinajstić information content (AvgIpc) is 2.15. The van der Waals surface area contributed by atoms with Crippen molar-refractivity contribution in [3.63, 3.8) is 0 Å². The van der Waals surface area contributed by atoms with E-state index < -0.39 is 0 Å². The van der Waals surface area contributed by atoms with Crippen molar-refractivity contribution < 1.29 is 9.53 Å². The molecular weight excluding hydrogens is 222 g/mol. The van der Waals surface area contributed by atoms with Crippen LogP contribution in [0.3, 0.4) is 0 Å². The number of carbonyl (C=O) groups excluding carboxylic acids is 1. The molecule has 16 heavy (non-hydrogen) atoms. The summed E-state index contributed by atoms with van der Waals surface area (Å²) in [5, 5.41) is 2.89. The molecule has 4 heteroatoms. The summed E-state index contributed by atoms with van der Waals surface area (Å²) in [5.41, 5.74) is -0.498. The number of carbonyl (C=O) groups is 1. The van der Waals surface area contributed by atoms with Crippen molar-refractivity contribution in [1.82, 2.24) is 5.32 Å². The number of amides is 1. The summed E-state index contributed by atoms with van der Waals surface area (Å²) in [6.07, 6.45) is 0.832. The molecule has 0 atom stereocenters. The smallest absolute Gasteiger partial charge is 0.225 e. The van der Waals surface area contributed by atoms with Crippen molar-refractivity contribution in [3.8, 4) is 0 Å². The predicted molar refractivity (Wildman–Crippen MR) is 71.0 cm³/mol. The Balaban J connectivity index is 3.59. The lowest BCUT2D eigenvalue weighted by molar-refractivity contribution is -0.128. The van der Waals surface area contributed by atoms with Crippen molar-refractivity contribution in [2.75, 3.05) is 18.9 Å². The van der Waals surface area contributed by atoms with Gasteiger partial charge in [0.1, 0.15) is 0 Å². The monoisotopic (exact) mass is 247 g/mol. The van der Waals surface area contributed by atoms with Gasteiger partial charge >= 0.3 is 0 Å². The van der Waals surface area contributed by atoms with Crippen molar-refractivity contribution in [2.45, 2.75) is 46.6 Å². The van der Waals surface area contributed by atoms with Crippen LogP contribution in [0.1, 0.15) is 41.0 Å². The van der Waals surface area contributed by atoms with E-state index in [1.807, 2.05) is 34.6 Å². The molecule has 0 heterocycles. The number of rotatable bonds is 6. The maximum Gasteiger partial charge on any atom is 0.225 e. The van der Waals surface area contributed by atoms with Gasteiger partial charge in [0.2, 0.25) is 5.91 Å². The molecule has 0 saturated carbocycles. The molecule has 0 spiro atoms. The maximum absolute atomic E-state index is 11.5. The number of nitrogens with one attached hydrogen (secondary N) is 1. The van der Waals surface area contributed by atoms with Gasteiger partial charge in [0.25, 0.3) is 0 Å². The standard InChI is InChI=1S/C12H25NO2S/c1-11(2,3)10(14)13-7-6-8-15-12(4,5)9-16/h16H,6-9H2,1-5H3,(H,13,14). The quantitative estimate of drug-likeness (QED) is 0.558. The van der Waals surface area contributed by atoms with Crippen LogP contribution in [0, 0.1) is 5.41 Å². The van der Waals surface area contributed by atoms with E-state index in [1.165, 1.54) is 0 Å². The lowest BCUT2D eigenvalue weighted by Crippen LogP contribution is -2.36. The highest BCUT2D eigenvalue weighted by Gasteiger charge is 2.20. The van der Waals surface area contributed by atoms with Crippen LogP contribution in [0.5, 0.6) is 0 Å². The van der Waals surface area contributed by atoms with Crippen LogP contribution < -0.4 is 5.32 Å². The summed E-state index contributed by atoms with van der Waals surface area (Å²) in [7, 11) is 0. The van der Waals surface area contributed by atoms with Gasteiger partial charge in [-0.05, 0) is 20.3 Å². The topological polar surface area (TPSA) is 38.3 Å². The Kier molecular flexibility index (Phi) is 6.41. The lowest BCUT2D eigenvalue weighted by Gasteiger charge is -2.23. The molecule has 0 aliphatic carbocycles. The Hall–Kier alpha value is -0.220. The van der Waals surface area contributed by atoms with Crippen molar-refractivity contribution in [3.05, 3.63) is 0 Å². The zero-order chi connectivity index (χ0) is 12.8. The lowest BCUT2D eigenvalue weighted by atomic mass is 9.96. The van der Waals surface area contributed by atoms with E-state index in [-0.39, 0.29) is 16.9 Å². The van der Waals surface area contributed by atoms with Crippen molar-refractivity contribution >= 4 is 18.5 Å². The van der Waals surface area contributed by atoms with E-state index in [4.69, 9.17) is 4.74 Å². The molecule has 96 valence electrons. The maximum atomic E-state index is 11.5. The first-order valence-electron chi connectivity index (χ1n) is 5.72. The second-order valence-electron chi connectivity index (χ2n) is 5.63. The first-order chi connectivity index (χ1) is 7.19.